The molecule has 5 heteroatoms. The summed E-state index contributed by atoms with van der Waals surface area (Å²) in [6, 6.07) is 11.8. The number of benzene rings is 2. The fourth-order valence-electron chi connectivity index (χ4n) is 1.69. The SMILES string of the molecule is COc1cc([N+](=O)[O-])ccc1-c1ccc(N)cc1. The van der Waals surface area contributed by atoms with E-state index in [9.17, 15) is 10.1 Å². The van der Waals surface area contributed by atoms with Crippen LogP contribution in [-0.4, -0.2) is 12.0 Å². The van der Waals surface area contributed by atoms with Gasteiger partial charge in [-0.15, -0.1) is 0 Å². The maximum atomic E-state index is 10.7. The number of hydrogen-bond acceptors (Lipinski definition) is 4. The normalized spacial score (nSPS) is 10.1. The number of nitro benzene ring substituents is 1. The predicted molar refractivity (Wildman–Crippen MR) is 69.5 cm³/mol. The van der Waals surface area contributed by atoms with E-state index in [0.29, 0.717) is 11.4 Å². The first-order valence-corrected chi connectivity index (χ1v) is 5.30. The minimum atomic E-state index is -0.449. The minimum absolute atomic E-state index is 0.00560. The molecule has 0 saturated carbocycles. The van der Waals surface area contributed by atoms with E-state index in [1.165, 1.54) is 19.2 Å². The average molecular weight is 244 g/mol. The number of nitro groups is 1. The van der Waals surface area contributed by atoms with Gasteiger partial charge in [0, 0.05) is 17.3 Å². The van der Waals surface area contributed by atoms with Gasteiger partial charge in [0.05, 0.1) is 18.1 Å². The van der Waals surface area contributed by atoms with E-state index in [1.54, 1.807) is 18.2 Å². The van der Waals surface area contributed by atoms with Crippen LogP contribution in [0.4, 0.5) is 11.4 Å². The lowest BCUT2D eigenvalue weighted by molar-refractivity contribution is -0.384. The molecule has 2 rings (SSSR count). The van der Waals surface area contributed by atoms with Crippen LogP contribution < -0.4 is 10.5 Å². The van der Waals surface area contributed by atoms with Crippen molar-refractivity contribution in [2.75, 3.05) is 12.8 Å². The van der Waals surface area contributed by atoms with Crippen molar-refractivity contribution in [3.63, 3.8) is 0 Å². The van der Waals surface area contributed by atoms with E-state index in [2.05, 4.69) is 0 Å². The Balaban J connectivity index is 2.50. The fourth-order valence-corrected chi connectivity index (χ4v) is 1.69. The van der Waals surface area contributed by atoms with Crippen molar-refractivity contribution in [1.82, 2.24) is 0 Å². The Morgan fingerprint density at radius 2 is 1.83 bits per heavy atom. The molecule has 0 aliphatic carbocycles. The number of hydrogen-bond donors (Lipinski definition) is 1. The van der Waals surface area contributed by atoms with Gasteiger partial charge in [-0.25, -0.2) is 0 Å². The first-order chi connectivity index (χ1) is 8.61. The summed E-state index contributed by atoms with van der Waals surface area (Å²) in [4.78, 5) is 10.2. The molecule has 0 aromatic heterocycles. The van der Waals surface area contributed by atoms with Gasteiger partial charge in [0.25, 0.3) is 5.69 Å². The fraction of sp³-hybridized carbons (Fsp3) is 0.0769. The van der Waals surface area contributed by atoms with Crippen molar-refractivity contribution >= 4 is 11.4 Å². The lowest BCUT2D eigenvalue weighted by atomic mass is 10.0. The van der Waals surface area contributed by atoms with Crippen molar-refractivity contribution in [3.05, 3.63) is 52.6 Å². The molecule has 0 aliphatic heterocycles. The molecule has 92 valence electrons. The van der Waals surface area contributed by atoms with Gasteiger partial charge in [-0.3, -0.25) is 10.1 Å². The lowest BCUT2D eigenvalue weighted by Gasteiger charge is -2.08. The van der Waals surface area contributed by atoms with Gasteiger partial charge in [0.2, 0.25) is 0 Å². The molecule has 0 unspecified atom stereocenters. The highest BCUT2D eigenvalue weighted by Gasteiger charge is 2.12. The highest BCUT2D eigenvalue weighted by Crippen LogP contribution is 2.33. The Hall–Kier alpha value is -2.56. The Kier molecular flexibility index (Phi) is 3.14. The van der Waals surface area contributed by atoms with Gasteiger partial charge >= 0.3 is 0 Å². The van der Waals surface area contributed by atoms with Gasteiger partial charge in [0.15, 0.2) is 0 Å². The number of non-ortho nitro benzene ring substituents is 1. The summed E-state index contributed by atoms with van der Waals surface area (Å²) in [6.45, 7) is 0. The van der Waals surface area contributed by atoms with Crippen molar-refractivity contribution in [2.24, 2.45) is 0 Å². The molecule has 0 saturated heterocycles. The molecule has 2 N–H and O–H groups in total. The molecule has 0 spiro atoms. The second-order valence-corrected chi connectivity index (χ2v) is 3.76. The van der Waals surface area contributed by atoms with Crippen LogP contribution in [0.25, 0.3) is 11.1 Å². The third-order valence-corrected chi connectivity index (χ3v) is 2.62. The molecule has 0 atom stereocenters. The molecular weight excluding hydrogens is 232 g/mol. The zero-order valence-corrected chi connectivity index (χ0v) is 9.79. The minimum Gasteiger partial charge on any atom is -0.496 e. The van der Waals surface area contributed by atoms with E-state index in [0.717, 1.165) is 11.1 Å². The topological polar surface area (TPSA) is 78.4 Å². The molecule has 5 nitrogen and oxygen atoms in total. The first-order valence-electron chi connectivity index (χ1n) is 5.30. The largest absolute Gasteiger partial charge is 0.496 e. The van der Waals surface area contributed by atoms with Gasteiger partial charge in [-0.05, 0) is 23.8 Å². The smallest absolute Gasteiger partial charge is 0.273 e. The van der Waals surface area contributed by atoms with Gasteiger partial charge in [-0.2, -0.15) is 0 Å². The van der Waals surface area contributed by atoms with Gasteiger partial charge in [0.1, 0.15) is 5.75 Å². The van der Waals surface area contributed by atoms with Gasteiger partial charge in [-0.1, -0.05) is 12.1 Å². The molecule has 0 radical (unpaired) electrons. The van der Waals surface area contributed by atoms with Crippen molar-refractivity contribution < 1.29 is 9.66 Å². The van der Waals surface area contributed by atoms with E-state index >= 15 is 0 Å². The molecule has 0 aliphatic rings. The van der Waals surface area contributed by atoms with E-state index in [1.807, 2.05) is 12.1 Å². The number of methoxy groups -OCH3 is 1. The maximum absolute atomic E-state index is 10.7. The molecule has 0 amide bonds. The van der Waals surface area contributed by atoms with Crippen molar-refractivity contribution in [2.45, 2.75) is 0 Å². The summed E-state index contributed by atoms with van der Waals surface area (Å²) in [5.74, 6) is 0.467. The van der Waals surface area contributed by atoms with Crippen LogP contribution >= 0.6 is 0 Å². The molecule has 0 fully saturated rings. The number of anilines is 1. The number of ether oxygens (including phenoxy) is 1. The third-order valence-electron chi connectivity index (χ3n) is 2.62. The second-order valence-electron chi connectivity index (χ2n) is 3.76. The number of nitrogens with two attached hydrogens (primary N) is 1. The van der Waals surface area contributed by atoms with E-state index in [4.69, 9.17) is 10.5 Å². The standard InChI is InChI=1S/C13H12N2O3/c1-18-13-8-11(15(16)17)6-7-12(13)9-2-4-10(14)5-3-9/h2-8H,14H2,1H3. The van der Waals surface area contributed by atoms with E-state index < -0.39 is 4.92 Å². The second kappa shape index (κ2) is 4.75. The van der Waals surface area contributed by atoms with Crippen LogP contribution in [0.2, 0.25) is 0 Å². The zero-order chi connectivity index (χ0) is 13.1. The van der Waals surface area contributed by atoms with Crippen LogP contribution in [0.5, 0.6) is 5.75 Å². The highest BCUT2D eigenvalue weighted by molar-refractivity contribution is 5.73. The Bertz CT molecular complexity index is 579. The Morgan fingerprint density at radius 1 is 1.17 bits per heavy atom. The summed E-state index contributed by atoms with van der Waals surface area (Å²) < 4.78 is 5.19. The summed E-state index contributed by atoms with van der Waals surface area (Å²) in [5, 5.41) is 10.7. The van der Waals surface area contributed by atoms with Crippen LogP contribution in [-0.2, 0) is 0 Å². The molecular formula is C13H12N2O3. The number of rotatable bonds is 3. The summed E-state index contributed by atoms with van der Waals surface area (Å²) in [6.07, 6.45) is 0. The molecule has 0 bridgehead atoms. The van der Waals surface area contributed by atoms with Crippen molar-refractivity contribution in [1.29, 1.82) is 0 Å². The average Bonchev–Trinajstić information content (AvgIpc) is 2.39. The summed E-state index contributed by atoms with van der Waals surface area (Å²) >= 11 is 0. The molecule has 2 aromatic rings. The van der Waals surface area contributed by atoms with Crippen LogP contribution in [0.1, 0.15) is 0 Å². The van der Waals surface area contributed by atoms with Crippen LogP contribution in [0.3, 0.4) is 0 Å². The monoisotopic (exact) mass is 244 g/mol. The quantitative estimate of drug-likeness (QED) is 0.511. The number of nitrogen functional groups attached to an aromatic ring is 1. The molecule has 0 heterocycles. The van der Waals surface area contributed by atoms with Crippen LogP contribution in [0.15, 0.2) is 42.5 Å². The van der Waals surface area contributed by atoms with Crippen molar-refractivity contribution in [3.8, 4) is 16.9 Å². The van der Waals surface area contributed by atoms with Crippen LogP contribution in [0, 0.1) is 10.1 Å². The maximum Gasteiger partial charge on any atom is 0.273 e. The first kappa shape index (κ1) is 11.9. The summed E-state index contributed by atoms with van der Waals surface area (Å²) in [5.41, 5.74) is 7.98. The molecule has 2 aromatic carbocycles. The third kappa shape index (κ3) is 2.24. The van der Waals surface area contributed by atoms with Gasteiger partial charge < -0.3 is 10.5 Å². The molecule has 18 heavy (non-hydrogen) atoms. The summed E-state index contributed by atoms with van der Waals surface area (Å²) in [7, 11) is 1.49. The Labute approximate surface area is 104 Å². The lowest BCUT2D eigenvalue weighted by Crippen LogP contribution is -1.92. The zero-order valence-electron chi connectivity index (χ0n) is 9.79. The predicted octanol–water partition coefficient (Wildman–Crippen LogP) is 2.85. The highest BCUT2D eigenvalue weighted by atomic mass is 16.6. The van der Waals surface area contributed by atoms with E-state index in [-0.39, 0.29) is 5.69 Å². The number of nitrogens with zero attached hydrogens (tertiary/aromatic N) is 1. The Morgan fingerprint density at radius 3 is 2.39 bits per heavy atom.